The number of rotatable bonds is 9. The highest BCUT2D eigenvalue weighted by Gasteiger charge is 2.30. The van der Waals surface area contributed by atoms with Crippen LogP contribution >= 0.6 is 0 Å². The molecule has 2 heteroatoms. The summed E-state index contributed by atoms with van der Waals surface area (Å²) in [5.74, 6) is 0. The van der Waals surface area contributed by atoms with Crippen LogP contribution < -0.4 is 0 Å². The number of quaternary nitrogens is 1. The summed E-state index contributed by atoms with van der Waals surface area (Å²) >= 11 is 0. The van der Waals surface area contributed by atoms with Crippen LogP contribution in [0.5, 0.6) is 0 Å². The van der Waals surface area contributed by atoms with Crippen LogP contribution in [0.1, 0.15) is 39.0 Å². The van der Waals surface area contributed by atoms with Gasteiger partial charge in [0.05, 0.1) is 27.2 Å². The maximum atomic E-state index is 5.29. The van der Waals surface area contributed by atoms with Gasteiger partial charge in [-0.3, -0.25) is 0 Å². The average Bonchev–Trinajstić information content (AvgIpc) is 2.99. The minimum absolute atomic E-state index is 0.555. The lowest BCUT2D eigenvalue weighted by Gasteiger charge is -2.29. The Hall–Kier alpha value is -0.340. The molecule has 0 spiro atoms. The first-order valence-corrected chi connectivity index (χ1v) is 6.72. The molecule has 0 aliphatic carbocycles. The molecule has 1 saturated heterocycles. The van der Waals surface area contributed by atoms with E-state index in [1.54, 1.807) is 0 Å². The smallest absolute Gasteiger partial charge is 0.130 e. The lowest BCUT2D eigenvalue weighted by molar-refractivity contribution is -0.891. The van der Waals surface area contributed by atoms with Gasteiger partial charge >= 0.3 is 0 Å². The second-order valence-electron chi connectivity index (χ2n) is 5.55. The van der Waals surface area contributed by atoms with Gasteiger partial charge in [0.2, 0.25) is 0 Å². The average molecular weight is 226 g/mol. The summed E-state index contributed by atoms with van der Waals surface area (Å²) in [5, 5.41) is 0. The Morgan fingerprint density at radius 3 is 2.50 bits per heavy atom. The minimum atomic E-state index is 0.555. The fourth-order valence-electron chi connectivity index (χ4n) is 2.02. The van der Waals surface area contributed by atoms with Crippen molar-refractivity contribution in [3.63, 3.8) is 0 Å². The van der Waals surface area contributed by atoms with Crippen molar-refractivity contribution in [3.05, 3.63) is 12.2 Å². The molecule has 1 atom stereocenters. The first kappa shape index (κ1) is 13.7. The van der Waals surface area contributed by atoms with Crippen molar-refractivity contribution in [2.45, 2.75) is 45.1 Å². The summed E-state index contributed by atoms with van der Waals surface area (Å²) in [4.78, 5) is 0. The topological polar surface area (TPSA) is 12.5 Å². The highest BCUT2D eigenvalue weighted by Crippen LogP contribution is 2.14. The highest BCUT2D eigenvalue weighted by molar-refractivity contribution is 4.80. The van der Waals surface area contributed by atoms with E-state index in [1.807, 2.05) is 0 Å². The quantitative estimate of drug-likeness (QED) is 0.255. The molecule has 0 radical (unpaired) electrons. The predicted molar refractivity (Wildman–Crippen MR) is 69.5 cm³/mol. The number of allylic oxidation sites excluding steroid dienone is 2. The van der Waals surface area contributed by atoms with E-state index >= 15 is 0 Å². The third-order valence-electron chi connectivity index (χ3n) is 3.11. The van der Waals surface area contributed by atoms with Gasteiger partial charge in [0.1, 0.15) is 12.6 Å². The molecule has 94 valence electrons. The Balaban J connectivity index is 1.96. The van der Waals surface area contributed by atoms with Crippen LogP contribution in [-0.2, 0) is 4.74 Å². The number of ether oxygens (including phenoxy) is 1. The molecule has 16 heavy (non-hydrogen) atoms. The first-order valence-electron chi connectivity index (χ1n) is 6.72. The second-order valence-corrected chi connectivity index (χ2v) is 5.55. The normalized spacial score (nSPS) is 20.6. The van der Waals surface area contributed by atoms with Crippen molar-refractivity contribution in [3.8, 4) is 0 Å². The van der Waals surface area contributed by atoms with Crippen LogP contribution in [0, 0.1) is 0 Å². The molecular weight excluding hydrogens is 198 g/mol. The summed E-state index contributed by atoms with van der Waals surface area (Å²) in [6, 6.07) is 0. The van der Waals surface area contributed by atoms with E-state index in [2.05, 4.69) is 33.2 Å². The number of nitrogens with zero attached hydrogens (tertiary/aromatic N) is 1. The summed E-state index contributed by atoms with van der Waals surface area (Å²) in [6.45, 7) is 5.68. The monoisotopic (exact) mass is 226 g/mol. The van der Waals surface area contributed by atoms with Gasteiger partial charge in [0.15, 0.2) is 0 Å². The van der Waals surface area contributed by atoms with E-state index in [0.29, 0.717) is 6.10 Å². The van der Waals surface area contributed by atoms with E-state index in [1.165, 1.54) is 45.2 Å². The zero-order valence-corrected chi connectivity index (χ0v) is 11.2. The van der Waals surface area contributed by atoms with Crippen LogP contribution in [0.25, 0.3) is 0 Å². The van der Waals surface area contributed by atoms with Crippen molar-refractivity contribution >= 4 is 0 Å². The van der Waals surface area contributed by atoms with Crippen molar-refractivity contribution in [1.29, 1.82) is 0 Å². The summed E-state index contributed by atoms with van der Waals surface area (Å²) in [5.41, 5.74) is 0. The zero-order chi connectivity index (χ0) is 11.9. The van der Waals surface area contributed by atoms with E-state index < -0.39 is 0 Å². The molecule has 0 saturated carbocycles. The summed E-state index contributed by atoms with van der Waals surface area (Å²) < 4.78 is 6.40. The van der Waals surface area contributed by atoms with Crippen molar-refractivity contribution in [1.82, 2.24) is 0 Å². The molecule has 0 N–H and O–H groups in total. The van der Waals surface area contributed by atoms with Crippen molar-refractivity contribution in [2.24, 2.45) is 0 Å². The van der Waals surface area contributed by atoms with Gasteiger partial charge in [0.25, 0.3) is 0 Å². The number of hydrogen-bond donors (Lipinski definition) is 0. The molecular formula is C14H28NO+. The Bertz CT molecular complexity index is 207. The van der Waals surface area contributed by atoms with Crippen LogP contribution in [0.2, 0.25) is 0 Å². The van der Waals surface area contributed by atoms with Crippen LogP contribution in [-0.4, -0.2) is 44.4 Å². The SMILES string of the molecule is CCC/C=C/CCCC[N+](C)(C)CC1CO1. The van der Waals surface area contributed by atoms with E-state index in [9.17, 15) is 0 Å². The number of unbranched alkanes of at least 4 members (excludes halogenated alkanes) is 3. The number of likely N-dealkylation sites (N-methyl/N-ethyl adjacent to an activating group) is 1. The lowest BCUT2D eigenvalue weighted by atomic mass is 10.2. The van der Waals surface area contributed by atoms with Gasteiger partial charge in [-0.2, -0.15) is 0 Å². The van der Waals surface area contributed by atoms with Gasteiger partial charge in [-0.05, 0) is 25.7 Å². The Morgan fingerprint density at radius 2 is 1.88 bits per heavy atom. The highest BCUT2D eigenvalue weighted by atomic mass is 16.6. The van der Waals surface area contributed by atoms with E-state index in [0.717, 1.165) is 11.1 Å². The summed E-state index contributed by atoms with van der Waals surface area (Å²) in [6.07, 6.45) is 11.6. The van der Waals surface area contributed by atoms with Gasteiger partial charge < -0.3 is 9.22 Å². The fraction of sp³-hybridized carbons (Fsp3) is 0.857. The molecule has 0 amide bonds. The standard InChI is InChI=1S/C14H28NO/c1-4-5-6-7-8-9-10-11-15(2,3)12-14-13-16-14/h6-7,14H,4-5,8-13H2,1-3H3/q+1/b7-6+. The molecule has 0 aromatic heterocycles. The maximum absolute atomic E-state index is 5.29. The maximum Gasteiger partial charge on any atom is 0.130 e. The van der Waals surface area contributed by atoms with E-state index in [4.69, 9.17) is 4.74 Å². The lowest BCUT2D eigenvalue weighted by Crippen LogP contribution is -2.43. The molecule has 0 bridgehead atoms. The van der Waals surface area contributed by atoms with Crippen molar-refractivity contribution < 1.29 is 9.22 Å². The zero-order valence-electron chi connectivity index (χ0n) is 11.2. The Morgan fingerprint density at radius 1 is 1.19 bits per heavy atom. The molecule has 1 fully saturated rings. The largest absolute Gasteiger partial charge is 0.367 e. The third kappa shape index (κ3) is 7.02. The molecule has 1 aliphatic rings. The molecule has 1 heterocycles. The van der Waals surface area contributed by atoms with Gasteiger partial charge in [-0.25, -0.2) is 0 Å². The second kappa shape index (κ2) is 7.08. The van der Waals surface area contributed by atoms with Crippen molar-refractivity contribution in [2.75, 3.05) is 33.8 Å². The molecule has 0 aromatic rings. The number of hydrogen-bond acceptors (Lipinski definition) is 1. The summed E-state index contributed by atoms with van der Waals surface area (Å²) in [7, 11) is 4.63. The van der Waals surface area contributed by atoms with Crippen LogP contribution in [0.4, 0.5) is 0 Å². The van der Waals surface area contributed by atoms with Gasteiger partial charge in [-0.1, -0.05) is 25.5 Å². The third-order valence-corrected chi connectivity index (χ3v) is 3.11. The van der Waals surface area contributed by atoms with Gasteiger partial charge in [0, 0.05) is 0 Å². The fourth-order valence-corrected chi connectivity index (χ4v) is 2.02. The molecule has 0 aromatic carbocycles. The minimum Gasteiger partial charge on any atom is -0.367 e. The van der Waals surface area contributed by atoms with Gasteiger partial charge in [-0.15, -0.1) is 0 Å². The van der Waals surface area contributed by atoms with E-state index in [-0.39, 0.29) is 0 Å². The first-order chi connectivity index (χ1) is 7.64. The predicted octanol–water partition coefficient (Wildman–Crippen LogP) is 2.99. The molecule has 2 nitrogen and oxygen atoms in total. The number of epoxide rings is 1. The van der Waals surface area contributed by atoms with Crippen LogP contribution in [0.15, 0.2) is 12.2 Å². The molecule has 1 unspecified atom stereocenters. The van der Waals surface area contributed by atoms with Crippen LogP contribution in [0.3, 0.4) is 0 Å². The molecule has 1 rings (SSSR count). The molecule has 1 aliphatic heterocycles. The Kier molecular flexibility index (Phi) is 6.07. The Labute approximate surface area is 101 Å².